The van der Waals surface area contributed by atoms with E-state index in [0.29, 0.717) is 0 Å². The molecule has 42 heavy (non-hydrogen) atoms. The largest absolute Gasteiger partial charge is 0.464 e. The third-order valence-corrected chi connectivity index (χ3v) is 8.56. The van der Waals surface area contributed by atoms with Crippen LogP contribution in [0.4, 0.5) is 0 Å². The molecule has 2 heteroatoms. The van der Waals surface area contributed by atoms with Crippen molar-refractivity contribution >= 4 is 54.5 Å². The van der Waals surface area contributed by atoms with Crippen molar-refractivity contribution in [3.05, 3.63) is 146 Å². The normalized spacial score (nSPS) is 11.8. The molecule has 0 amide bonds. The fourth-order valence-electron chi connectivity index (χ4n) is 6.82. The summed E-state index contributed by atoms with van der Waals surface area (Å²) in [5.41, 5.74) is 9.71. The summed E-state index contributed by atoms with van der Waals surface area (Å²) in [7, 11) is 0. The molecule has 196 valence electrons. The maximum Gasteiger partial charge on any atom is 0.142 e. The Bertz CT molecular complexity index is 2400. The van der Waals surface area contributed by atoms with Gasteiger partial charge in [-0.2, -0.15) is 0 Å². The number of hydrogen-bond acceptors (Lipinski definition) is 2. The van der Waals surface area contributed by atoms with Crippen molar-refractivity contribution in [3.8, 4) is 33.4 Å². The molecule has 0 aliphatic carbocycles. The lowest BCUT2D eigenvalue weighted by atomic mass is 9.83. The second kappa shape index (κ2) is 8.95. The van der Waals surface area contributed by atoms with Gasteiger partial charge in [-0.15, -0.1) is 0 Å². The van der Waals surface area contributed by atoms with Crippen molar-refractivity contribution in [2.24, 2.45) is 0 Å². The first-order chi connectivity index (χ1) is 20.9. The van der Waals surface area contributed by atoms with Crippen molar-refractivity contribution in [3.63, 3.8) is 0 Å². The molecule has 7 aromatic carbocycles. The van der Waals surface area contributed by atoms with Crippen molar-refractivity contribution in [2.75, 3.05) is 0 Å². The fourth-order valence-corrected chi connectivity index (χ4v) is 6.82. The number of fused-ring (bicyclic) bond motifs is 7. The van der Waals surface area contributed by atoms with Gasteiger partial charge >= 0.3 is 0 Å². The molecule has 0 atom stereocenters. The molecule has 0 bridgehead atoms. The molecule has 0 spiro atoms. The van der Waals surface area contributed by atoms with Crippen LogP contribution in [0.1, 0.15) is 0 Å². The van der Waals surface area contributed by atoms with E-state index >= 15 is 0 Å². The first kappa shape index (κ1) is 23.1. The third kappa shape index (κ3) is 3.27. The molecular weight excluding hydrogens is 512 g/mol. The molecule has 9 aromatic rings. The number of hydrogen-bond donors (Lipinski definition) is 0. The van der Waals surface area contributed by atoms with E-state index in [4.69, 9.17) is 8.83 Å². The third-order valence-electron chi connectivity index (χ3n) is 8.56. The van der Waals surface area contributed by atoms with Crippen LogP contribution in [0.25, 0.3) is 87.8 Å². The fraction of sp³-hybridized carbons (Fsp3) is 0. The SMILES string of the molecule is c1ccc(-c2ccccc2-c2c3ccccc3c(-c3cc4oc5ccccc5c4c4ccoc34)c3ccccc23)cc1. The molecule has 0 N–H and O–H groups in total. The van der Waals surface area contributed by atoms with Crippen LogP contribution in [-0.2, 0) is 0 Å². The lowest BCUT2D eigenvalue weighted by molar-refractivity contribution is 0.616. The summed E-state index contributed by atoms with van der Waals surface area (Å²) in [6.45, 7) is 0. The van der Waals surface area contributed by atoms with Gasteiger partial charge in [-0.25, -0.2) is 0 Å². The summed E-state index contributed by atoms with van der Waals surface area (Å²) in [6.07, 6.45) is 1.80. The Morgan fingerprint density at radius 1 is 0.381 bits per heavy atom. The summed E-state index contributed by atoms with van der Waals surface area (Å²) >= 11 is 0. The Morgan fingerprint density at radius 3 is 1.62 bits per heavy atom. The topological polar surface area (TPSA) is 26.3 Å². The van der Waals surface area contributed by atoms with Crippen LogP contribution >= 0.6 is 0 Å². The summed E-state index contributed by atoms with van der Waals surface area (Å²) in [6, 6.07) is 49.4. The van der Waals surface area contributed by atoms with Crippen molar-refractivity contribution in [1.82, 2.24) is 0 Å². The predicted molar refractivity (Wildman–Crippen MR) is 175 cm³/mol. The highest BCUT2D eigenvalue weighted by atomic mass is 16.3. The molecule has 2 aromatic heterocycles. The Hall–Kier alpha value is -5.60. The number of benzene rings is 7. The molecule has 2 heterocycles. The smallest absolute Gasteiger partial charge is 0.142 e. The van der Waals surface area contributed by atoms with Crippen LogP contribution in [-0.4, -0.2) is 0 Å². The van der Waals surface area contributed by atoms with E-state index in [1.54, 1.807) is 6.26 Å². The molecule has 0 unspecified atom stereocenters. The van der Waals surface area contributed by atoms with Crippen LogP contribution in [0, 0.1) is 0 Å². The zero-order valence-electron chi connectivity index (χ0n) is 22.7. The van der Waals surface area contributed by atoms with Crippen LogP contribution in [0.5, 0.6) is 0 Å². The van der Waals surface area contributed by atoms with E-state index in [0.717, 1.165) is 44.0 Å². The Labute approximate surface area is 242 Å². The van der Waals surface area contributed by atoms with Crippen LogP contribution in [0.15, 0.2) is 155 Å². The zero-order valence-corrected chi connectivity index (χ0v) is 22.7. The quantitative estimate of drug-likeness (QED) is 0.210. The van der Waals surface area contributed by atoms with Gasteiger partial charge in [0.15, 0.2) is 0 Å². The molecule has 0 saturated heterocycles. The highest BCUT2D eigenvalue weighted by Crippen LogP contribution is 2.49. The second-order valence-electron chi connectivity index (χ2n) is 10.8. The first-order valence-electron chi connectivity index (χ1n) is 14.3. The van der Waals surface area contributed by atoms with Gasteiger partial charge in [0, 0.05) is 27.3 Å². The minimum absolute atomic E-state index is 0.867. The number of para-hydroxylation sites is 1. The average molecular weight is 537 g/mol. The molecule has 9 rings (SSSR count). The highest BCUT2D eigenvalue weighted by molar-refractivity contribution is 6.27. The van der Waals surface area contributed by atoms with E-state index in [9.17, 15) is 0 Å². The van der Waals surface area contributed by atoms with Gasteiger partial charge in [0.25, 0.3) is 0 Å². The molecule has 0 radical (unpaired) electrons. The van der Waals surface area contributed by atoms with Gasteiger partial charge in [-0.3, -0.25) is 0 Å². The zero-order chi connectivity index (χ0) is 27.6. The molecule has 0 saturated carbocycles. The average Bonchev–Trinajstić information content (AvgIpc) is 3.69. The van der Waals surface area contributed by atoms with Crippen LogP contribution in [0.2, 0.25) is 0 Å². The van der Waals surface area contributed by atoms with Gasteiger partial charge in [0.1, 0.15) is 16.7 Å². The molecule has 0 aliphatic rings. The maximum absolute atomic E-state index is 6.43. The van der Waals surface area contributed by atoms with Crippen molar-refractivity contribution in [2.45, 2.75) is 0 Å². The van der Waals surface area contributed by atoms with E-state index in [-0.39, 0.29) is 0 Å². The minimum Gasteiger partial charge on any atom is -0.464 e. The summed E-state index contributed by atoms with van der Waals surface area (Å²) in [5, 5.41) is 8.05. The Balaban J connectivity index is 1.44. The van der Waals surface area contributed by atoms with Gasteiger partial charge in [0.05, 0.1) is 6.26 Å². The number of furan rings is 2. The Morgan fingerprint density at radius 2 is 0.929 bits per heavy atom. The van der Waals surface area contributed by atoms with E-state index < -0.39 is 0 Å². The van der Waals surface area contributed by atoms with E-state index in [1.165, 1.54) is 43.8 Å². The molecule has 0 fully saturated rings. The van der Waals surface area contributed by atoms with Crippen LogP contribution < -0.4 is 0 Å². The molecular formula is C40H24O2. The Kier molecular flexibility index (Phi) is 4.93. The van der Waals surface area contributed by atoms with Gasteiger partial charge in [0.2, 0.25) is 0 Å². The molecule has 2 nitrogen and oxygen atoms in total. The van der Waals surface area contributed by atoms with Gasteiger partial charge in [-0.05, 0) is 62.0 Å². The standard InChI is InChI=1S/C40H24O2/c1-2-12-25(13-3-1)26-14-4-5-15-27(26)37-28-16-6-8-18-30(28)38(31-19-9-7-17-29(31)37)34-24-36-39(33-22-23-41-40(33)34)32-20-10-11-21-35(32)42-36/h1-24H. The van der Waals surface area contributed by atoms with Gasteiger partial charge < -0.3 is 8.83 Å². The first-order valence-corrected chi connectivity index (χ1v) is 14.3. The van der Waals surface area contributed by atoms with Crippen molar-refractivity contribution < 1.29 is 8.83 Å². The van der Waals surface area contributed by atoms with E-state index in [1.807, 2.05) is 12.1 Å². The second-order valence-corrected chi connectivity index (χ2v) is 10.8. The lowest BCUT2D eigenvalue weighted by Gasteiger charge is -2.19. The molecule has 0 aliphatic heterocycles. The summed E-state index contributed by atoms with van der Waals surface area (Å²) in [4.78, 5) is 0. The summed E-state index contributed by atoms with van der Waals surface area (Å²) < 4.78 is 12.7. The minimum atomic E-state index is 0.867. The summed E-state index contributed by atoms with van der Waals surface area (Å²) in [5.74, 6) is 0. The predicted octanol–water partition coefficient (Wildman–Crippen LogP) is 11.6. The monoisotopic (exact) mass is 536 g/mol. The highest BCUT2D eigenvalue weighted by Gasteiger charge is 2.23. The van der Waals surface area contributed by atoms with Crippen LogP contribution in [0.3, 0.4) is 0 Å². The van der Waals surface area contributed by atoms with Gasteiger partial charge in [-0.1, -0.05) is 121 Å². The number of rotatable bonds is 3. The maximum atomic E-state index is 6.43. The van der Waals surface area contributed by atoms with Crippen molar-refractivity contribution in [1.29, 1.82) is 0 Å². The van der Waals surface area contributed by atoms with E-state index in [2.05, 4.69) is 127 Å². The lowest BCUT2D eigenvalue weighted by Crippen LogP contribution is -1.93.